The number of thioether (sulfide) groups is 1. The number of rotatable bonds is 4. The summed E-state index contributed by atoms with van der Waals surface area (Å²) in [5.41, 5.74) is 0. The molecule has 0 N–H and O–H groups in total. The number of ether oxygens (including phenoxy) is 3. The molecular formula is C15H23NO6S. The van der Waals surface area contributed by atoms with Crippen molar-refractivity contribution < 1.29 is 28.6 Å². The molecule has 0 radical (unpaired) electrons. The number of fused-ring (bicyclic) bond motifs is 1. The number of hydrogen-bond donors (Lipinski definition) is 0. The van der Waals surface area contributed by atoms with Crippen molar-refractivity contribution in [3.05, 3.63) is 0 Å². The van der Waals surface area contributed by atoms with E-state index < -0.39 is 28.7 Å². The van der Waals surface area contributed by atoms with Gasteiger partial charge in [0.05, 0.1) is 17.9 Å². The van der Waals surface area contributed by atoms with Crippen LogP contribution in [0.5, 0.6) is 0 Å². The van der Waals surface area contributed by atoms with E-state index in [1.54, 1.807) is 30.5 Å². The van der Waals surface area contributed by atoms with Gasteiger partial charge in [0.1, 0.15) is 6.04 Å². The van der Waals surface area contributed by atoms with E-state index in [9.17, 15) is 14.4 Å². The lowest BCUT2D eigenvalue weighted by Gasteiger charge is -2.38. The third-order valence-corrected chi connectivity index (χ3v) is 5.05. The van der Waals surface area contributed by atoms with Crippen LogP contribution >= 0.6 is 11.8 Å². The number of carbonyl (C=O) groups excluding carboxylic acids is 3. The molecule has 2 aliphatic heterocycles. The molecule has 0 aromatic rings. The zero-order chi connectivity index (χ0) is 17.6. The topological polar surface area (TPSA) is 82.1 Å². The van der Waals surface area contributed by atoms with Crippen LogP contribution < -0.4 is 0 Å². The molecule has 0 aromatic heterocycles. The Kier molecular flexibility index (Phi) is 4.58. The molecule has 2 heterocycles. The highest BCUT2D eigenvalue weighted by Crippen LogP contribution is 2.51. The van der Waals surface area contributed by atoms with E-state index in [0.29, 0.717) is 6.42 Å². The largest absolute Gasteiger partial charge is 0.511 e. The van der Waals surface area contributed by atoms with Gasteiger partial charge in [-0.15, -0.1) is 11.8 Å². The number of hydrogen-bond acceptors (Lipinski definition) is 7. The normalized spacial score (nSPS) is 25.7. The van der Waals surface area contributed by atoms with Crippen LogP contribution in [0.25, 0.3) is 0 Å². The van der Waals surface area contributed by atoms with E-state index in [4.69, 9.17) is 14.2 Å². The molecule has 0 aromatic carbocycles. The highest BCUT2D eigenvalue weighted by molar-refractivity contribution is 8.01. The predicted molar refractivity (Wildman–Crippen MR) is 83.6 cm³/mol. The fraction of sp³-hybridized carbons (Fsp3) is 0.800. The summed E-state index contributed by atoms with van der Waals surface area (Å²) in [7, 11) is 0. The maximum absolute atomic E-state index is 12.6. The van der Waals surface area contributed by atoms with E-state index in [1.807, 2.05) is 13.8 Å². The quantitative estimate of drug-likeness (QED) is 0.439. The molecule has 2 aliphatic rings. The van der Waals surface area contributed by atoms with Gasteiger partial charge in [-0.1, -0.05) is 0 Å². The number of β-lactam (4-membered cyclic amide) rings is 1. The third-order valence-electron chi connectivity index (χ3n) is 3.55. The molecule has 0 bridgehead atoms. The monoisotopic (exact) mass is 345 g/mol. The van der Waals surface area contributed by atoms with Gasteiger partial charge in [0.25, 0.3) is 5.79 Å². The van der Waals surface area contributed by atoms with Gasteiger partial charge in [0.15, 0.2) is 0 Å². The van der Waals surface area contributed by atoms with E-state index in [1.165, 1.54) is 13.8 Å². The molecule has 0 unspecified atom stereocenters. The number of amides is 1. The Morgan fingerprint density at radius 1 is 1.30 bits per heavy atom. The first-order chi connectivity index (χ1) is 10.4. The van der Waals surface area contributed by atoms with E-state index >= 15 is 0 Å². The molecule has 0 aliphatic carbocycles. The lowest BCUT2D eigenvalue weighted by Crippen LogP contribution is -2.58. The first-order valence-electron chi connectivity index (χ1n) is 7.54. The summed E-state index contributed by atoms with van der Waals surface area (Å²) in [6.07, 6.45) is -0.798. The molecule has 0 saturated carbocycles. The average molecular weight is 345 g/mol. The summed E-state index contributed by atoms with van der Waals surface area (Å²) in [6, 6.07) is -0.692. The minimum atomic E-state index is -1.48. The molecule has 23 heavy (non-hydrogen) atoms. The van der Waals surface area contributed by atoms with Crippen molar-refractivity contribution in [1.82, 2.24) is 4.90 Å². The lowest BCUT2D eigenvalue weighted by atomic mass is 9.98. The number of nitrogens with zero attached hydrogens (tertiary/aromatic N) is 1. The molecule has 130 valence electrons. The second-order valence-electron chi connectivity index (χ2n) is 6.92. The summed E-state index contributed by atoms with van der Waals surface area (Å²) in [4.78, 5) is 37.5. The molecule has 2 atom stereocenters. The van der Waals surface area contributed by atoms with Crippen LogP contribution in [0.1, 0.15) is 48.0 Å². The minimum Gasteiger partial charge on any atom is -0.431 e. The van der Waals surface area contributed by atoms with Crippen LogP contribution in [0.15, 0.2) is 0 Å². The van der Waals surface area contributed by atoms with Crippen molar-refractivity contribution in [3.63, 3.8) is 0 Å². The fourth-order valence-electron chi connectivity index (χ4n) is 2.69. The number of esters is 1. The first-order valence-corrected chi connectivity index (χ1v) is 8.42. The molecule has 1 amide bonds. The van der Waals surface area contributed by atoms with E-state index in [-0.39, 0.29) is 17.4 Å². The minimum absolute atomic E-state index is 0.0185. The highest BCUT2D eigenvalue weighted by atomic mass is 32.2. The second kappa shape index (κ2) is 5.89. The van der Waals surface area contributed by atoms with Gasteiger partial charge in [0, 0.05) is 18.6 Å². The van der Waals surface area contributed by atoms with Crippen LogP contribution in [0, 0.1) is 0 Å². The van der Waals surface area contributed by atoms with Crippen molar-refractivity contribution in [1.29, 1.82) is 0 Å². The van der Waals surface area contributed by atoms with Crippen molar-refractivity contribution in [3.8, 4) is 0 Å². The standard InChI is InChI=1S/C15H23NO6S/c1-8(2)20-13(19)22-15(5,6)21-12(18)11-14(3,4)23-10-7-9(17)16(10)11/h8,10-11H,7H2,1-6H3/t10-,11+/m1/s1. The smallest absolute Gasteiger partial charge is 0.431 e. The second-order valence-corrected chi connectivity index (χ2v) is 8.76. The van der Waals surface area contributed by atoms with Crippen molar-refractivity contribution >= 4 is 29.8 Å². The van der Waals surface area contributed by atoms with Gasteiger partial charge >= 0.3 is 12.1 Å². The highest BCUT2D eigenvalue weighted by Gasteiger charge is 2.59. The van der Waals surface area contributed by atoms with Gasteiger partial charge in [0.2, 0.25) is 5.91 Å². The summed E-state index contributed by atoms with van der Waals surface area (Å²) in [5, 5.41) is 0.0185. The molecule has 2 saturated heterocycles. The third kappa shape index (κ3) is 3.73. The zero-order valence-corrected chi connectivity index (χ0v) is 15.1. The summed E-state index contributed by atoms with van der Waals surface area (Å²) < 4.78 is 14.8. The molecule has 7 nitrogen and oxygen atoms in total. The average Bonchev–Trinajstić information content (AvgIpc) is 2.53. The van der Waals surface area contributed by atoms with Crippen molar-refractivity contribution in [2.24, 2.45) is 0 Å². The zero-order valence-electron chi connectivity index (χ0n) is 14.2. The Hall–Kier alpha value is -1.44. The van der Waals surface area contributed by atoms with Gasteiger partial charge in [-0.3, -0.25) is 4.79 Å². The van der Waals surface area contributed by atoms with Gasteiger partial charge in [-0.2, -0.15) is 0 Å². The molecule has 2 rings (SSSR count). The van der Waals surface area contributed by atoms with Crippen LogP contribution in [-0.2, 0) is 23.8 Å². The SMILES string of the molecule is CC(C)OC(=O)OC(C)(C)OC(=O)[C@@H]1N2C(=O)C[C@H]2SC1(C)C. The lowest BCUT2D eigenvalue weighted by molar-refractivity contribution is -0.209. The Bertz CT molecular complexity index is 530. The Morgan fingerprint density at radius 3 is 2.43 bits per heavy atom. The van der Waals surface area contributed by atoms with Crippen molar-refractivity contribution in [2.45, 2.75) is 76.0 Å². The van der Waals surface area contributed by atoms with Gasteiger partial charge in [-0.05, 0) is 27.7 Å². The van der Waals surface area contributed by atoms with Crippen LogP contribution in [0.4, 0.5) is 4.79 Å². The van der Waals surface area contributed by atoms with E-state index in [2.05, 4.69) is 0 Å². The maximum Gasteiger partial charge on any atom is 0.511 e. The van der Waals surface area contributed by atoms with Crippen LogP contribution in [0.2, 0.25) is 0 Å². The molecular weight excluding hydrogens is 322 g/mol. The van der Waals surface area contributed by atoms with E-state index in [0.717, 1.165) is 0 Å². The van der Waals surface area contributed by atoms with Crippen molar-refractivity contribution in [2.75, 3.05) is 0 Å². The molecule has 0 spiro atoms. The van der Waals surface area contributed by atoms with Crippen LogP contribution in [0.3, 0.4) is 0 Å². The summed E-state index contributed by atoms with van der Waals surface area (Å²) in [5.74, 6) is -2.12. The Labute approximate surface area is 140 Å². The first kappa shape index (κ1) is 17.9. The number of carbonyl (C=O) groups is 3. The van der Waals surface area contributed by atoms with Gasteiger partial charge in [-0.25, -0.2) is 9.59 Å². The molecule has 2 fully saturated rings. The molecule has 8 heteroatoms. The maximum atomic E-state index is 12.6. The predicted octanol–water partition coefficient (Wildman–Crippen LogP) is 2.28. The summed E-state index contributed by atoms with van der Waals surface area (Å²) in [6.45, 7) is 10.1. The Balaban J connectivity index is 2.02. The Morgan fingerprint density at radius 2 is 1.91 bits per heavy atom. The fourth-order valence-corrected chi connectivity index (χ4v) is 4.31. The summed E-state index contributed by atoms with van der Waals surface area (Å²) >= 11 is 1.58. The van der Waals surface area contributed by atoms with Crippen LogP contribution in [-0.4, -0.2) is 51.0 Å². The van der Waals surface area contributed by atoms with Gasteiger partial charge < -0.3 is 19.1 Å².